The van der Waals surface area contributed by atoms with E-state index >= 15 is 0 Å². The lowest BCUT2D eigenvalue weighted by Gasteiger charge is -2.25. The number of nitrogens with one attached hydrogen (secondary N) is 1. The molecule has 2 unspecified atom stereocenters. The molecule has 0 saturated carbocycles. The molecule has 35 heavy (non-hydrogen) atoms. The number of aromatic nitrogens is 1. The Hall–Kier alpha value is -4.46. The Morgan fingerprint density at radius 2 is 1.94 bits per heavy atom. The average molecular weight is 469 g/mol. The van der Waals surface area contributed by atoms with Gasteiger partial charge in [-0.15, -0.1) is 0 Å². The Bertz CT molecular complexity index is 1380. The Morgan fingerprint density at radius 1 is 1.11 bits per heavy atom. The number of hydrogen-bond acceptors (Lipinski definition) is 6. The van der Waals surface area contributed by atoms with Crippen molar-refractivity contribution in [1.82, 2.24) is 4.98 Å². The third kappa shape index (κ3) is 4.03. The highest BCUT2D eigenvalue weighted by atomic mass is 16.5. The Morgan fingerprint density at radius 3 is 2.69 bits per heavy atom. The number of rotatable bonds is 4. The molecule has 8 heteroatoms. The van der Waals surface area contributed by atoms with Crippen molar-refractivity contribution in [3.63, 3.8) is 0 Å². The van der Waals surface area contributed by atoms with Crippen molar-refractivity contribution in [2.24, 2.45) is 0 Å². The number of anilines is 2. The molecule has 3 heterocycles. The van der Waals surface area contributed by atoms with Crippen LogP contribution in [0.5, 0.6) is 5.75 Å². The lowest BCUT2D eigenvalue weighted by Crippen LogP contribution is -2.30. The maximum absolute atomic E-state index is 13.3. The molecule has 1 aromatic heterocycles. The number of aliphatic hydroxyl groups is 1. The van der Waals surface area contributed by atoms with Gasteiger partial charge in [-0.25, -0.2) is 0 Å². The van der Waals surface area contributed by atoms with Crippen molar-refractivity contribution in [2.45, 2.75) is 32.4 Å². The molecule has 2 aliphatic rings. The topological polar surface area (TPSA) is 109 Å². The van der Waals surface area contributed by atoms with Gasteiger partial charge in [0, 0.05) is 36.5 Å². The van der Waals surface area contributed by atoms with Crippen LogP contribution < -0.4 is 15.0 Å². The van der Waals surface area contributed by atoms with Crippen LogP contribution in [0, 0.1) is 0 Å². The van der Waals surface area contributed by atoms with E-state index < -0.39 is 17.7 Å². The van der Waals surface area contributed by atoms with Gasteiger partial charge in [0.1, 0.15) is 23.7 Å². The van der Waals surface area contributed by atoms with Crippen LogP contribution >= 0.6 is 0 Å². The van der Waals surface area contributed by atoms with Gasteiger partial charge in [0.15, 0.2) is 0 Å². The summed E-state index contributed by atoms with van der Waals surface area (Å²) in [7, 11) is 0. The third-order valence-electron chi connectivity index (χ3n) is 6.03. The van der Waals surface area contributed by atoms with Crippen molar-refractivity contribution in [3.05, 3.63) is 89.3 Å². The minimum absolute atomic E-state index is 0.0254. The predicted octanol–water partition coefficient (Wildman–Crippen LogP) is 3.99. The van der Waals surface area contributed by atoms with E-state index in [0.717, 1.165) is 11.3 Å². The highest BCUT2D eigenvalue weighted by molar-refractivity contribution is 6.51. The summed E-state index contributed by atoms with van der Waals surface area (Å²) in [6.45, 7) is 3.34. The lowest BCUT2D eigenvalue weighted by atomic mass is 9.96. The lowest BCUT2D eigenvalue weighted by molar-refractivity contribution is -0.132. The Balaban J connectivity index is 1.66. The molecule has 0 spiro atoms. The van der Waals surface area contributed by atoms with Crippen LogP contribution in [0.3, 0.4) is 0 Å². The van der Waals surface area contributed by atoms with Gasteiger partial charge in [-0.2, -0.15) is 0 Å². The molecule has 2 N–H and O–H groups in total. The van der Waals surface area contributed by atoms with Gasteiger partial charge in [-0.1, -0.05) is 12.1 Å². The molecule has 2 amide bonds. The quantitative estimate of drug-likeness (QED) is 0.340. The number of pyridine rings is 1. The normalized spacial score (nSPS) is 20.5. The van der Waals surface area contributed by atoms with Gasteiger partial charge >= 0.3 is 0 Å². The zero-order valence-corrected chi connectivity index (χ0v) is 19.2. The van der Waals surface area contributed by atoms with E-state index in [2.05, 4.69) is 10.3 Å². The van der Waals surface area contributed by atoms with Crippen LogP contribution in [0.2, 0.25) is 0 Å². The van der Waals surface area contributed by atoms with Gasteiger partial charge in [-0.05, 0) is 61.0 Å². The van der Waals surface area contributed by atoms with E-state index in [1.807, 2.05) is 6.92 Å². The maximum atomic E-state index is 13.3. The zero-order chi connectivity index (χ0) is 24.7. The molecule has 2 atom stereocenters. The second kappa shape index (κ2) is 8.72. The number of hydrogen-bond donors (Lipinski definition) is 2. The van der Waals surface area contributed by atoms with Gasteiger partial charge in [-0.3, -0.25) is 24.3 Å². The summed E-state index contributed by atoms with van der Waals surface area (Å²) in [5.74, 6) is -1.40. The van der Waals surface area contributed by atoms with Gasteiger partial charge < -0.3 is 15.2 Å². The van der Waals surface area contributed by atoms with E-state index in [0.29, 0.717) is 29.1 Å². The second-order valence-electron chi connectivity index (χ2n) is 8.61. The average Bonchev–Trinajstić information content (AvgIpc) is 3.34. The summed E-state index contributed by atoms with van der Waals surface area (Å²) in [6, 6.07) is 16.1. The summed E-state index contributed by atoms with van der Waals surface area (Å²) < 4.78 is 5.74. The highest BCUT2D eigenvalue weighted by Gasteiger charge is 2.47. The van der Waals surface area contributed by atoms with Crippen molar-refractivity contribution in [3.8, 4) is 5.75 Å². The largest absolute Gasteiger partial charge is 0.507 e. The van der Waals surface area contributed by atoms with Crippen LogP contribution in [0.4, 0.5) is 11.4 Å². The number of ether oxygens (including phenoxy) is 1. The first-order valence-electron chi connectivity index (χ1n) is 11.2. The molecule has 1 fully saturated rings. The van der Waals surface area contributed by atoms with Crippen molar-refractivity contribution in [2.75, 3.05) is 10.2 Å². The van der Waals surface area contributed by atoms with E-state index in [1.165, 1.54) is 11.8 Å². The molecule has 0 radical (unpaired) electrons. The molecule has 1 saturated heterocycles. The summed E-state index contributed by atoms with van der Waals surface area (Å²) >= 11 is 0. The zero-order valence-electron chi connectivity index (χ0n) is 19.2. The number of aliphatic hydroxyl groups excluding tert-OH is 1. The molecule has 176 valence electrons. The van der Waals surface area contributed by atoms with E-state index in [-0.39, 0.29) is 23.3 Å². The van der Waals surface area contributed by atoms with Gasteiger partial charge in [0.05, 0.1) is 11.3 Å². The first-order valence-corrected chi connectivity index (χ1v) is 11.2. The first kappa shape index (κ1) is 22.3. The summed E-state index contributed by atoms with van der Waals surface area (Å²) in [5, 5.41) is 14.0. The summed E-state index contributed by atoms with van der Waals surface area (Å²) in [6.07, 6.45) is 2.28. The second-order valence-corrected chi connectivity index (χ2v) is 8.61. The number of nitrogens with zero attached hydrogens (tertiary/aromatic N) is 2. The number of carbonyl (C=O) groups is 3. The van der Waals surface area contributed by atoms with Gasteiger partial charge in [0.2, 0.25) is 5.91 Å². The number of benzene rings is 2. The summed E-state index contributed by atoms with van der Waals surface area (Å²) in [4.78, 5) is 43.8. The standard InChI is InChI=1S/C27H23N3O5/c1-15-12-18-13-17(9-10-22(18)35-15)25(32)23-24(21-8-3-4-11-28-21)30(27(34)26(23)33)20-7-5-6-19(14-20)29-16(2)31/h3-11,13-15,24,32H,12H2,1-2H3,(H,29,31)/b25-23-. The molecule has 3 aromatic rings. The van der Waals surface area contributed by atoms with E-state index in [9.17, 15) is 19.5 Å². The van der Waals surface area contributed by atoms with E-state index in [4.69, 9.17) is 4.74 Å². The SMILES string of the molecule is CC(=O)Nc1cccc(N2C(=O)C(=O)/C(=C(\O)c3ccc4c(c3)CC(C)O4)C2c2ccccn2)c1. The summed E-state index contributed by atoms with van der Waals surface area (Å²) in [5.41, 5.74) is 2.59. The molecular weight excluding hydrogens is 446 g/mol. The number of ketones is 1. The number of amides is 2. The molecule has 0 bridgehead atoms. The molecule has 0 aliphatic carbocycles. The number of fused-ring (bicyclic) bond motifs is 1. The fourth-order valence-corrected chi connectivity index (χ4v) is 4.58. The number of Topliss-reactive ketones (excluding diaryl/α,β-unsaturated/α-hetero) is 1. The monoisotopic (exact) mass is 469 g/mol. The smallest absolute Gasteiger partial charge is 0.300 e. The van der Waals surface area contributed by atoms with Crippen LogP contribution in [0.15, 0.2) is 72.4 Å². The van der Waals surface area contributed by atoms with Crippen molar-refractivity contribution < 1.29 is 24.2 Å². The van der Waals surface area contributed by atoms with Crippen molar-refractivity contribution >= 4 is 34.7 Å². The minimum Gasteiger partial charge on any atom is -0.507 e. The highest BCUT2D eigenvalue weighted by Crippen LogP contribution is 2.42. The molecule has 2 aliphatic heterocycles. The van der Waals surface area contributed by atoms with Crippen molar-refractivity contribution in [1.29, 1.82) is 0 Å². The Labute approximate surface area is 201 Å². The van der Waals surface area contributed by atoms with Crippen LogP contribution in [0.25, 0.3) is 5.76 Å². The molecule has 8 nitrogen and oxygen atoms in total. The predicted molar refractivity (Wildman–Crippen MR) is 130 cm³/mol. The third-order valence-corrected chi connectivity index (χ3v) is 6.03. The molecule has 2 aromatic carbocycles. The first-order chi connectivity index (χ1) is 16.8. The molecular formula is C27H23N3O5. The Kier molecular flexibility index (Phi) is 5.56. The van der Waals surface area contributed by atoms with Crippen LogP contribution in [0.1, 0.15) is 36.7 Å². The molecule has 5 rings (SSSR count). The van der Waals surface area contributed by atoms with Gasteiger partial charge in [0.25, 0.3) is 11.7 Å². The fraction of sp³-hybridized carbons (Fsp3) is 0.185. The van der Waals surface area contributed by atoms with E-state index in [1.54, 1.807) is 66.9 Å². The van der Waals surface area contributed by atoms with Crippen LogP contribution in [-0.2, 0) is 20.8 Å². The van der Waals surface area contributed by atoms with Crippen LogP contribution in [-0.4, -0.2) is 33.8 Å². The maximum Gasteiger partial charge on any atom is 0.300 e. The minimum atomic E-state index is -0.952. The fourth-order valence-electron chi connectivity index (χ4n) is 4.58. The number of carbonyl (C=O) groups excluding carboxylic acids is 3.